The predicted molar refractivity (Wildman–Crippen MR) is 113 cm³/mol. The van der Waals surface area contributed by atoms with Crippen LogP contribution in [-0.2, 0) is 23.7 Å². The van der Waals surface area contributed by atoms with E-state index < -0.39 is 86.2 Å². The summed E-state index contributed by atoms with van der Waals surface area (Å²) in [6, 6.07) is 5.50. The summed E-state index contributed by atoms with van der Waals surface area (Å²) in [6.45, 7) is -0.732. The fraction of sp³-hybridized carbons (Fsp3) is 0.619. The number of esters is 2. The Morgan fingerprint density at radius 2 is 1.69 bits per heavy atom. The molecule has 1 aromatic carbocycles. The Morgan fingerprint density at radius 1 is 1.03 bits per heavy atom. The van der Waals surface area contributed by atoms with Gasteiger partial charge in [0.1, 0.15) is 47.9 Å². The first-order chi connectivity index (χ1) is 16.9. The highest BCUT2D eigenvalue weighted by atomic mass is 16.7. The van der Waals surface area contributed by atoms with Gasteiger partial charge in [0.25, 0.3) is 0 Å². The zero-order chi connectivity index (χ0) is 26.8. The fourth-order valence-electron chi connectivity index (χ4n) is 3.83. The minimum absolute atomic E-state index is 0.156. The summed E-state index contributed by atoms with van der Waals surface area (Å²) in [4.78, 5) is 24.1. The topological polar surface area (TPSA) is 248 Å². The Balaban J connectivity index is 1.81. The summed E-state index contributed by atoms with van der Waals surface area (Å²) in [7, 11) is 0. The largest absolute Gasteiger partial charge is 0.451 e. The first kappa shape index (κ1) is 28.3. The van der Waals surface area contributed by atoms with Gasteiger partial charge in [0.05, 0.1) is 13.2 Å². The number of hydrogen-bond donors (Lipinski definition) is 8. The Hall–Kier alpha value is -2.28. The van der Waals surface area contributed by atoms with Crippen LogP contribution in [0.1, 0.15) is 17.3 Å². The van der Waals surface area contributed by atoms with E-state index in [4.69, 9.17) is 29.4 Å². The third kappa shape index (κ3) is 5.66. The maximum Gasteiger partial charge on any atom is 0.342 e. The number of carbonyl (C=O) groups is 2. The van der Waals surface area contributed by atoms with Gasteiger partial charge in [-0.05, 0) is 12.1 Å². The molecule has 2 heterocycles. The van der Waals surface area contributed by atoms with Crippen molar-refractivity contribution in [3.63, 3.8) is 0 Å². The summed E-state index contributed by atoms with van der Waals surface area (Å²) in [5.74, 6) is -2.01. The first-order valence-corrected chi connectivity index (χ1v) is 10.8. The lowest BCUT2D eigenvalue weighted by Gasteiger charge is -2.49. The van der Waals surface area contributed by atoms with E-state index in [1.165, 1.54) is 24.3 Å². The normalized spacial score (nSPS) is 38.9. The third-order valence-electron chi connectivity index (χ3n) is 5.73. The maximum atomic E-state index is 12.8. The van der Waals surface area contributed by atoms with Gasteiger partial charge in [-0.1, -0.05) is 12.1 Å². The number of para-hydroxylation sites is 1. The molecular weight excluding hydrogens is 490 g/mol. The van der Waals surface area contributed by atoms with Crippen LogP contribution in [0.2, 0.25) is 0 Å². The summed E-state index contributed by atoms with van der Waals surface area (Å²) in [5, 5.41) is 70.4. The molecule has 2 fully saturated rings. The molecule has 202 valence electrons. The second-order valence-electron chi connectivity index (χ2n) is 8.33. The van der Waals surface area contributed by atoms with Crippen LogP contribution in [-0.4, -0.2) is 122 Å². The van der Waals surface area contributed by atoms with Crippen molar-refractivity contribution in [3.8, 4) is 5.75 Å². The number of rotatable bonds is 7. The molecule has 15 nitrogen and oxygen atoms in total. The molecule has 0 radical (unpaired) electrons. The number of carbonyl (C=O) groups excluding carboxylic acids is 2. The number of aliphatic hydroxyl groups is 7. The molecule has 10 atom stereocenters. The number of aliphatic hydroxyl groups excluding tert-OH is 7. The Labute approximate surface area is 204 Å². The molecule has 15 heteroatoms. The molecule has 36 heavy (non-hydrogen) atoms. The number of hydrogen-bond acceptors (Lipinski definition) is 15. The van der Waals surface area contributed by atoms with Gasteiger partial charge in [0.2, 0.25) is 0 Å². The summed E-state index contributed by atoms with van der Waals surface area (Å²) < 4.78 is 26.0. The molecule has 0 amide bonds. The van der Waals surface area contributed by atoms with Crippen LogP contribution in [0.5, 0.6) is 5.75 Å². The number of benzene rings is 1. The van der Waals surface area contributed by atoms with E-state index in [1.807, 2.05) is 0 Å². The van der Waals surface area contributed by atoms with E-state index in [2.05, 4.69) is 0 Å². The average molecular weight is 519 g/mol. The molecule has 9 N–H and O–H groups in total. The fourth-order valence-corrected chi connectivity index (χ4v) is 3.83. The average Bonchev–Trinajstić information content (AvgIpc) is 2.84. The lowest BCUT2D eigenvalue weighted by molar-refractivity contribution is -0.373. The van der Waals surface area contributed by atoms with Gasteiger partial charge in [0.15, 0.2) is 24.4 Å². The van der Waals surface area contributed by atoms with Gasteiger partial charge in [0, 0.05) is 6.92 Å². The second-order valence-corrected chi connectivity index (χ2v) is 8.33. The van der Waals surface area contributed by atoms with Gasteiger partial charge in [-0.15, -0.1) is 0 Å². The first-order valence-electron chi connectivity index (χ1n) is 10.8. The standard InChI is InChI=1S/C21H29NO14/c1-8(25)32-10-5-3-2-4-9(10)18(30)35-17-13(27)15(29)20(36-21(17,22)7-24)34-16-11(6-23)33-19(31)14(28)12(16)26/h2-5,11-17,19-20,23-24,26-29,31H,6-7,22H2,1H3/t11-,12-,13+,14-,15-,16-,17-,19-,20+,21-/m1/s1. The zero-order valence-corrected chi connectivity index (χ0v) is 19.0. The van der Waals surface area contributed by atoms with E-state index in [9.17, 15) is 45.3 Å². The summed E-state index contributed by atoms with van der Waals surface area (Å²) in [6.07, 6.45) is -16.3. The maximum absolute atomic E-state index is 12.8. The van der Waals surface area contributed by atoms with E-state index in [-0.39, 0.29) is 11.3 Å². The van der Waals surface area contributed by atoms with E-state index in [0.717, 1.165) is 6.92 Å². The number of nitrogens with two attached hydrogens (primary N) is 1. The minimum Gasteiger partial charge on any atom is -0.451 e. The number of ether oxygens (including phenoxy) is 5. The molecule has 0 unspecified atom stereocenters. The van der Waals surface area contributed by atoms with Crippen LogP contribution in [0.4, 0.5) is 0 Å². The molecule has 0 aromatic heterocycles. The third-order valence-corrected chi connectivity index (χ3v) is 5.73. The van der Waals surface area contributed by atoms with Crippen LogP contribution in [0.15, 0.2) is 24.3 Å². The molecular formula is C21H29NO14. The highest BCUT2D eigenvalue weighted by molar-refractivity contribution is 5.93. The van der Waals surface area contributed by atoms with Crippen LogP contribution >= 0.6 is 0 Å². The van der Waals surface area contributed by atoms with Crippen molar-refractivity contribution < 1.29 is 69.0 Å². The van der Waals surface area contributed by atoms with Gasteiger partial charge >= 0.3 is 11.9 Å². The van der Waals surface area contributed by atoms with Crippen molar-refractivity contribution in [1.82, 2.24) is 0 Å². The van der Waals surface area contributed by atoms with E-state index in [1.54, 1.807) is 0 Å². The van der Waals surface area contributed by atoms with Gasteiger partial charge in [-0.3, -0.25) is 10.5 Å². The molecule has 0 spiro atoms. The molecule has 2 aliphatic heterocycles. The molecule has 3 rings (SSSR count). The van der Waals surface area contributed by atoms with Gasteiger partial charge < -0.3 is 59.4 Å². The second kappa shape index (κ2) is 11.4. The van der Waals surface area contributed by atoms with Crippen molar-refractivity contribution in [3.05, 3.63) is 29.8 Å². The zero-order valence-electron chi connectivity index (χ0n) is 19.0. The Morgan fingerprint density at radius 3 is 2.31 bits per heavy atom. The molecule has 2 aliphatic rings. The molecule has 0 bridgehead atoms. The molecule has 2 saturated heterocycles. The predicted octanol–water partition coefficient (Wildman–Crippen LogP) is -4.32. The monoisotopic (exact) mass is 519 g/mol. The molecule has 1 aromatic rings. The lowest BCUT2D eigenvalue weighted by atomic mass is 9.93. The molecule has 0 aliphatic carbocycles. The van der Waals surface area contributed by atoms with Gasteiger partial charge in [-0.2, -0.15) is 0 Å². The Bertz CT molecular complexity index is 930. The minimum atomic E-state index is -2.36. The summed E-state index contributed by atoms with van der Waals surface area (Å²) >= 11 is 0. The van der Waals surface area contributed by atoms with Gasteiger partial charge in [-0.25, -0.2) is 4.79 Å². The van der Waals surface area contributed by atoms with Crippen molar-refractivity contribution >= 4 is 11.9 Å². The van der Waals surface area contributed by atoms with Crippen LogP contribution < -0.4 is 10.5 Å². The van der Waals surface area contributed by atoms with E-state index in [0.29, 0.717) is 0 Å². The van der Waals surface area contributed by atoms with Crippen molar-refractivity contribution in [2.24, 2.45) is 5.73 Å². The van der Waals surface area contributed by atoms with Crippen molar-refractivity contribution in [1.29, 1.82) is 0 Å². The summed E-state index contributed by atoms with van der Waals surface area (Å²) in [5.41, 5.74) is 3.44. The smallest absolute Gasteiger partial charge is 0.342 e. The Kier molecular flexibility index (Phi) is 8.97. The van der Waals surface area contributed by atoms with Crippen molar-refractivity contribution in [2.45, 2.75) is 68.0 Å². The van der Waals surface area contributed by atoms with Crippen LogP contribution in [0.25, 0.3) is 0 Å². The highest BCUT2D eigenvalue weighted by Gasteiger charge is 2.57. The highest BCUT2D eigenvalue weighted by Crippen LogP contribution is 2.33. The van der Waals surface area contributed by atoms with Crippen LogP contribution in [0.3, 0.4) is 0 Å². The molecule has 0 saturated carbocycles. The quantitative estimate of drug-likeness (QED) is 0.125. The van der Waals surface area contributed by atoms with Crippen LogP contribution in [0, 0.1) is 0 Å². The SMILES string of the molecule is CC(=O)Oc1ccccc1C(=O)O[C@@H]1[C@@H](O)[C@@H](O)[C@@H](O[C@H]2[C@H](O)[C@@H](O)[C@H](O)O[C@@H]2CO)O[C@]1(N)CO. The van der Waals surface area contributed by atoms with E-state index >= 15 is 0 Å². The lowest BCUT2D eigenvalue weighted by Crippen LogP contribution is -2.72. The van der Waals surface area contributed by atoms with Crippen molar-refractivity contribution in [2.75, 3.05) is 13.2 Å².